The molecule has 6 aromatic rings. The largest absolute Gasteiger partial charge is 0.458 e. The average molecular weight is 660 g/mol. The van der Waals surface area contributed by atoms with E-state index in [4.69, 9.17) is 9.47 Å². The van der Waals surface area contributed by atoms with Gasteiger partial charge in [0.25, 0.3) is 6.71 Å². The van der Waals surface area contributed by atoms with Crippen LogP contribution in [0.1, 0.15) is 99.1 Å². The second kappa shape index (κ2) is 10.1. The van der Waals surface area contributed by atoms with Crippen molar-refractivity contribution in [2.75, 3.05) is 0 Å². The zero-order chi connectivity index (χ0) is 39.6. The molecule has 6 aliphatic carbocycles. The SMILES string of the molecule is [2H]c1c([2H])c(C23CCC(CC2)CC3)c([2H])c2c1Oc1c([2H])c(-n3c4ccccc4c4ccccc43)c([2H])c3c1B2c1c([2H])c(C24CCC(CC2)CC4)c([2H])c([2H])c1O3. The molecule has 0 atom stereocenters. The molecule has 4 bridgehead atoms. The Labute approximate surface area is 305 Å². The summed E-state index contributed by atoms with van der Waals surface area (Å²) >= 11 is 0. The molecule has 0 saturated heterocycles. The number of benzene rings is 5. The van der Waals surface area contributed by atoms with Gasteiger partial charge in [-0.3, -0.25) is 0 Å². The van der Waals surface area contributed by atoms with Gasteiger partial charge in [0.1, 0.15) is 23.0 Å². The molecule has 0 unspecified atom stereocenters. The van der Waals surface area contributed by atoms with Crippen LogP contribution in [0.3, 0.4) is 0 Å². The minimum Gasteiger partial charge on any atom is -0.458 e. The Balaban J connectivity index is 1.19. The molecule has 8 aliphatic rings. The first-order chi connectivity index (χ1) is 28.0. The lowest BCUT2D eigenvalue weighted by Crippen LogP contribution is -2.58. The highest BCUT2D eigenvalue weighted by Gasteiger charge is 2.46. The van der Waals surface area contributed by atoms with E-state index in [0.717, 1.165) is 98.9 Å². The number of hydrogen-bond donors (Lipinski definition) is 0. The predicted molar refractivity (Wildman–Crippen MR) is 204 cm³/mol. The quantitative estimate of drug-likeness (QED) is 0.176. The Morgan fingerprint density at radius 1 is 0.560 bits per heavy atom. The molecule has 3 heterocycles. The molecule has 6 saturated carbocycles. The normalized spacial score (nSPS) is 29.3. The Bertz CT molecular complexity index is 2620. The van der Waals surface area contributed by atoms with Gasteiger partial charge in [-0.2, -0.15) is 0 Å². The second-order valence-electron chi connectivity index (χ2n) is 16.2. The Morgan fingerprint density at radius 3 is 1.46 bits per heavy atom. The topological polar surface area (TPSA) is 23.4 Å². The van der Waals surface area contributed by atoms with E-state index in [0.29, 0.717) is 39.4 Å². The van der Waals surface area contributed by atoms with Gasteiger partial charge in [-0.05, 0) is 146 Å². The van der Waals surface area contributed by atoms with E-state index in [2.05, 4.69) is 0 Å². The van der Waals surface area contributed by atoms with Crippen molar-refractivity contribution in [3.05, 3.63) is 108 Å². The monoisotopic (exact) mass is 659 g/mol. The molecule has 4 heteroatoms. The summed E-state index contributed by atoms with van der Waals surface area (Å²) in [5.41, 5.74) is 3.12. The summed E-state index contributed by atoms with van der Waals surface area (Å²) in [6.45, 7) is -0.975. The molecule has 0 amide bonds. The first kappa shape index (κ1) is 21.7. The van der Waals surface area contributed by atoms with E-state index in [-0.39, 0.29) is 77.0 Å². The van der Waals surface area contributed by atoms with Crippen LogP contribution in [-0.2, 0) is 10.8 Å². The molecule has 0 N–H and O–H groups in total. The molecule has 5 aromatic carbocycles. The minimum atomic E-state index is -0.975. The average Bonchev–Trinajstić information content (AvgIpc) is 3.58. The van der Waals surface area contributed by atoms with Gasteiger partial charge >= 0.3 is 0 Å². The molecule has 246 valence electrons. The van der Waals surface area contributed by atoms with Gasteiger partial charge in [-0.25, -0.2) is 0 Å². The summed E-state index contributed by atoms with van der Waals surface area (Å²) in [5.74, 6) is 1.49. The molecule has 0 radical (unpaired) electrons. The fourth-order valence-corrected chi connectivity index (χ4v) is 11.0. The fourth-order valence-electron chi connectivity index (χ4n) is 11.0. The third kappa shape index (κ3) is 3.83. The highest BCUT2D eigenvalue weighted by molar-refractivity contribution is 6.98. The van der Waals surface area contributed by atoms with E-state index < -0.39 is 17.5 Å². The molecular weight excluding hydrogens is 609 g/mol. The molecule has 6 fully saturated rings. The number of rotatable bonds is 3. The Kier molecular flexibility index (Phi) is 4.38. The van der Waals surface area contributed by atoms with Crippen molar-refractivity contribution in [1.29, 1.82) is 0 Å². The van der Waals surface area contributed by atoms with Crippen LogP contribution in [0.15, 0.2) is 96.9 Å². The third-order valence-corrected chi connectivity index (χ3v) is 13.9. The van der Waals surface area contributed by atoms with Crippen molar-refractivity contribution in [1.82, 2.24) is 4.57 Å². The maximum absolute atomic E-state index is 10.1. The summed E-state index contributed by atoms with van der Waals surface area (Å²) in [4.78, 5) is 0. The molecule has 14 rings (SSSR count). The van der Waals surface area contributed by atoms with E-state index in [9.17, 15) is 11.0 Å². The number of aromatic nitrogens is 1. The zero-order valence-electron chi connectivity index (χ0n) is 36.1. The van der Waals surface area contributed by atoms with Crippen molar-refractivity contribution < 1.29 is 20.4 Å². The molecule has 2 aliphatic heterocycles. The van der Waals surface area contributed by atoms with Crippen molar-refractivity contribution in [3.8, 4) is 28.7 Å². The minimum absolute atomic E-state index is 0.0151. The van der Waals surface area contributed by atoms with E-state index in [1.54, 1.807) is 0 Å². The van der Waals surface area contributed by atoms with E-state index in [1.165, 1.54) is 0 Å². The maximum atomic E-state index is 10.1. The number of fused-ring (bicyclic) bond motifs is 13. The third-order valence-electron chi connectivity index (χ3n) is 13.9. The van der Waals surface area contributed by atoms with Crippen LogP contribution in [-0.4, -0.2) is 11.3 Å². The summed E-state index contributed by atoms with van der Waals surface area (Å²) in [6.07, 6.45) is 11.3. The lowest BCUT2D eigenvalue weighted by molar-refractivity contribution is 0.136. The second-order valence-corrected chi connectivity index (χ2v) is 16.2. The van der Waals surface area contributed by atoms with Crippen LogP contribution in [0.2, 0.25) is 0 Å². The summed E-state index contributed by atoms with van der Waals surface area (Å²) in [7, 11) is 0. The van der Waals surface area contributed by atoms with Crippen LogP contribution < -0.4 is 25.9 Å². The van der Waals surface area contributed by atoms with Crippen LogP contribution in [0.5, 0.6) is 23.0 Å². The van der Waals surface area contributed by atoms with Gasteiger partial charge in [0, 0.05) is 28.3 Å². The van der Waals surface area contributed by atoms with Crippen LogP contribution in [0.4, 0.5) is 0 Å². The zero-order valence-corrected chi connectivity index (χ0v) is 28.1. The van der Waals surface area contributed by atoms with Gasteiger partial charge < -0.3 is 14.0 Å². The number of nitrogens with zero attached hydrogens (tertiary/aromatic N) is 1. The number of ether oxygens (including phenoxy) is 2. The summed E-state index contributed by atoms with van der Waals surface area (Å²) in [5, 5.41) is 1.89. The lowest BCUT2D eigenvalue weighted by atomic mass is 9.34. The van der Waals surface area contributed by atoms with Gasteiger partial charge in [0.05, 0.1) is 27.7 Å². The van der Waals surface area contributed by atoms with Crippen molar-refractivity contribution >= 4 is 44.9 Å². The predicted octanol–water partition coefficient (Wildman–Crippen LogP) is 9.95. The van der Waals surface area contributed by atoms with Gasteiger partial charge in [0.2, 0.25) is 0 Å². The van der Waals surface area contributed by atoms with Crippen molar-refractivity contribution in [2.24, 2.45) is 11.8 Å². The first-order valence-corrected chi connectivity index (χ1v) is 18.8. The van der Waals surface area contributed by atoms with E-state index >= 15 is 0 Å². The highest BCUT2D eigenvalue weighted by atomic mass is 16.5. The van der Waals surface area contributed by atoms with Crippen LogP contribution in [0, 0.1) is 11.8 Å². The standard InChI is InChI=1S/C46H42BNO2/c1-3-7-38-34(5-1)35-6-2-4-8-39(35)48(38)33-27-42-44-43(28-33)50-41-12-10-32(46-22-16-30(17-23-46)18-24-46)26-37(41)47(44)36-25-31(9-11-40(36)49-42)45-19-13-29(14-20-45)15-21-45/h1-12,25-30H,13-24H2/i9D,10D,11D,12D,25D,26D,27D,28D. The van der Waals surface area contributed by atoms with Crippen LogP contribution >= 0.6 is 0 Å². The summed E-state index contributed by atoms with van der Waals surface area (Å²) < 4.78 is 93.9. The van der Waals surface area contributed by atoms with Crippen molar-refractivity contribution in [3.63, 3.8) is 0 Å². The summed E-state index contributed by atoms with van der Waals surface area (Å²) in [6, 6.07) is 15.4. The number of hydrogen-bond acceptors (Lipinski definition) is 2. The first-order valence-electron chi connectivity index (χ1n) is 22.8. The molecule has 0 spiro atoms. The van der Waals surface area contributed by atoms with Gasteiger partial charge in [0.15, 0.2) is 0 Å². The molecule has 50 heavy (non-hydrogen) atoms. The van der Waals surface area contributed by atoms with Crippen molar-refractivity contribution in [2.45, 2.75) is 87.9 Å². The lowest BCUT2D eigenvalue weighted by Gasteiger charge is -2.48. The number of para-hydroxylation sites is 2. The maximum Gasteiger partial charge on any atom is 0.260 e. The van der Waals surface area contributed by atoms with Gasteiger partial charge in [-0.15, -0.1) is 0 Å². The fraction of sp³-hybridized carbons (Fsp3) is 0.348. The molecule has 3 nitrogen and oxygen atoms in total. The molecule has 1 aromatic heterocycles. The highest BCUT2D eigenvalue weighted by Crippen LogP contribution is 2.53. The van der Waals surface area contributed by atoms with Crippen LogP contribution in [0.25, 0.3) is 27.5 Å². The Morgan fingerprint density at radius 2 is 1.00 bits per heavy atom. The van der Waals surface area contributed by atoms with Gasteiger partial charge in [-0.1, -0.05) is 60.6 Å². The Hall–Kier alpha value is -4.44. The van der Waals surface area contributed by atoms with E-state index in [1.807, 2.05) is 53.1 Å². The molecular formula is C46H42BNO2. The smallest absolute Gasteiger partial charge is 0.260 e.